The third kappa shape index (κ3) is 2.22. The van der Waals surface area contributed by atoms with Crippen molar-refractivity contribution in [3.05, 3.63) is 29.8 Å². The lowest BCUT2D eigenvalue weighted by Crippen LogP contribution is -2.35. The normalized spacial score (nSPS) is 9.31. The van der Waals surface area contributed by atoms with Crippen LogP contribution in [0.3, 0.4) is 0 Å². The molecule has 0 aliphatic carbocycles. The van der Waals surface area contributed by atoms with Crippen LogP contribution in [-0.4, -0.2) is 16.9 Å². The molecular formula is C7H6FN3O2. The van der Waals surface area contributed by atoms with E-state index >= 15 is 0 Å². The fourth-order valence-corrected chi connectivity index (χ4v) is 0.735. The molecule has 0 aromatic carbocycles. The van der Waals surface area contributed by atoms with Gasteiger partial charge in [0.05, 0.1) is 5.56 Å². The third-order valence-corrected chi connectivity index (χ3v) is 1.24. The molecule has 0 radical (unpaired) electrons. The largest absolute Gasteiger partial charge is 0.351 e. The number of hydrogen-bond acceptors (Lipinski definition) is 3. The Bertz CT molecular complexity index is 353. The van der Waals surface area contributed by atoms with Gasteiger partial charge in [-0.25, -0.2) is 9.78 Å². The average Bonchev–Trinajstić information content (AvgIpc) is 2.03. The summed E-state index contributed by atoms with van der Waals surface area (Å²) in [5, 5.41) is 1.72. The van der Waals surface area contributed by atoms with Gasteiger partial charge in [-0.3, -0.25) is 10.1 Å². The van der Waals surface area contributed by atoms with Crippen LogP contribution in [-0.2, 0) is 0 Å². The van der Waals surface area contributed by atoms with Crippen molar-refractivity contribution in [2.45, 2.75) is 0 Å². The summed E-state index contributed by atoms with van der Waals surface area (Å²) in [6.07, 6.45) is 1.19. The third-order valence-electron chi connectivity index (χ3n) is 1.24. The van der Waals surface area contributed by atoms with Gasteiger partial charge in [0.25, 0.3) is 5.91 Å². The Labute approximate surface area is 72.8 Å². The number of urea groups is 1. The molecule has 3 amide bonds. The highest BCUT2D eigenvalue weighted by Gasteiger charge is 2.12. The first kappa shape index (κ1) is 9.11. The number of carbonyl (C=O) groups is 2. The van der Waals surface area contributed by atoms with E-state index in [1.807, 2.05) is 0 Å². The predicted molar refractivity (Wildman–Crippen MR) is 41.2 cm³/mol. The Hall–Kier alpha value is -1.98. The molecule has 1 heterocycles. The Kier molecular flexibility index (Phi) is 2.53. The van der Waals surface area contributed by atoms with Gasteiger partial charge >= 0.3 is 6.03 Å². The van der Waals surface area contributed by atoms with Crippen LogP contribution in [0.2, 0.25) is 0 Å². The predicted octanol–water partition coefficient (Wildman–Crippen LogP) is 0.0292. The van der Waals surface area contributed by atoms with Crippen molar-refractivity contribution in [1.82, 2.24) is 10.3 Å². The number of halogens is 1. The van der Waals surface area contributed by atoms with Crippen LogP contribution in [0.4, 0.5) is 9.18 Å². The maximum Gasteiger partial charge on any atom is 0.319 e. The zero-order valence-electron chi connectivity index (χ0n) is 6.45. The van der Waals surface area contributed by atoms with Gasteiger partial charge in [-0.05, 0) is 12.1 Å². The summed E-state index contributed by atoms with van der Waals surface area (Å²) in [7, 11) is 0. The molecule has 1 aromatic rings. The fourth-order valence-electron chi connectivity index (χ4n) is 0.735. The molecule has 13 heavy (non-hydrogen) atoms. The second kappa shape index (κ2) is 3.61. The maximum atomic E-state index is 12.8. The Morgan fingerprint density at radius 1 is 1.54 bits per heavy atom. The molecule has 0 aliphatic rings. The van der Waals surface area contributed by atoms with Crippen molar-refractivity contribution in [2.75, 3.05) is 0 Å². The van der Waals surface area contributed by atoms with E-state index in [2.05, 4.69) is 10.7 Å². The molecule has 0 spiro atoms. The first-order valence-electron chi connectivity index (χ1n) is 3.32. The Balaban J connectivity index is 2.89. The molecule has 3 N–H and O–H groups in total. The van der Waals surface area contributed by atoms with Gasteiger partial charge < -0.3 is 5.73 Å². The molecule has 0 unspecified atom stereocenters. The standard InChI is InChI=1S/C7H6FN3O2/c8-5-4(2-1-3-10-5)6(12)11-7(9)13/h1-3H,(H3,9,11,12,13). The smallest absolute Gasteiger partial charge is 0.319 e. The lowest BCUT2D eigenvalue weighted by molar-refractivity contribution is 0.0961. The van der Waals surface area contributed by atoms with E-state index in [4.69, 9.17) is 0 Å². The van der Waals surface area contributed by atoms with Gasteiger partial charge in [0.15, 0.2) is 0 Å². The number of amides is 3. The molecule has 0 saturated carbocycles. The molecule has 0 atom stereocenters. The molecule has 0 saturated heterocycles. The molecule has 68 valence electrons. The number of rotatable bonds is 1. The van der Waals surface area contributed by atoms with E-state index in [0.717, 1.165) is 0 Å². The molecule has 6 heteroatoms. The highest BCUT2D eigenvalue weighted by Crippen LogP contribution is 2.01. The van der Waals surface area contributed by atoms with Crippen LogP contribution in [0, 0.1) is 5.95 Å². The second-order valence-corrected chi connectivity index (χ2v) is 2.16. The number of pyridine rings is 1. The highest BCUT2D eigenvalue weighted by molar-refractivity contribution is 6.03. The summed E-state index contributed by atoms with van der Waals surface area (Å²) in [5.41, 5.74) is 4.35. The number of imide groups is 1. The topological polar surface area (TPSA) is 85.1 Å². The first-order chi connectivity index (χ1) is 6.11. The monoisotopic (exact) mass is 183 g/mol. The van der Waals surface area contributed by atoms with Gasteiger partial charge in [-0.2, -0.15) is 4.39 Å². The number of nitrogens with one attached hydrogen (secondary N) is 1. The van der Waals surface area contributed by atoms with Gasteiger partial charge in [-0.15, -0.1) is 0 Å². The minimum atomic E-state index is -1.03. The van der Waals surface area contributed by atoms with E-state index in [0.29, 0.717) is 0 Å². The lowest BCUT2D eigenvalue weighted by atomic mass is 10.2. The summed E-state index contributed by atoms with van der Waals surface area (Å²) >= 11 is 0. The highest BCUT2D eigenvalue weighted by atomic mass is 19.1. The molecule has 1 rings (SSSR count). The number of primary amides is 1. The van der Waals surface area contributed by atoms with Crippen molar-refractivity contribution < 1.29 is 14.0 Å². The zero-order valence-corrected chi connectivity index (χ0v) is 6.45. The number of hydrogen-bond donors (Lipinski definition) is 2. The van der Waals surface area contributed by atoms with Crippen molar-refractivity contribution >= 4 is 11.9 Å². The van der Waals surface area contributed by atoms with Crippen LogP contribution < -0.4 is 11.1 Å². The number of nitrogens with two attached hydrogens (primary N) is 1. The van der Waals surface area contributed by atoms with E-state index < -0.39 is 17.9 Å². The van der Waals surface area contributed by atoms with E-state index in [9.17, 15) is 14.0 Å². The summed E-state index contributed by atoms with van der Waals surface area (Å²) in [5.74, 6) is -1.85. The Morgan fingerprint density at radius 2 is 2.23 bits per heavy atom. The number of nitrogens with zero attached hydrogens (tertiary/aromatic N) is 1. The van der Waals surface area contributed by atoms with Crippen molar-refractivity contribution in [1.29, 1.82) is 0 Å². The number of carbonyl (C=O) groups excluding carboxylic acids is 2. The van der Waals surface area contributed by atoms with E-state index in [1.54, 1.807) is 5.32 Å². The van der Waals surface area contributed by atoms with Crippen LogP contribution >= 0.6 is 0 Å². The quantitative estimate of drug-likeness (QED) is 0.602. The maximum absolute atomic E-state index is 12.8. The zero-order chi connectivity index (χ0) is 9.84. The fraction of sp³-hybridized carbons (Fsp3) is 0. The van der Waals surface area contributed by atoms with Crippen LogP contribution in [0.25, 0.3) is 0 Å². The minimum Gasteiger partial charge on any atom is -0.351 e. The van der Waals surface area contributed by atoms with Crippen LogP contribution in [0.5, 0.6) is 0 Å². The van der Waals surface area contributed by atoms with Crippen molar-refractivity contribution in [3.63, 3.8) is 0 Å². The molecule has 0 aliphatic heterocycles. The molecule has 5 nitrogen and oxygen atoms in total. The van der Waals surface area contributed by atoms with Gasteiger partial charge in [-0.1, -0.05) is 0 Å². The van der Waals surface area contributed by atoms with Crippen molar-refractivity contribution in [3.8, 4) is 0 Å². The summed E-state index contributed by atoms with van der Waals surface area (Å²) in [6, 6.07) is 1.54. The van der Waals surface area contributed by atoms with E-state index in [1.165, 1.54) is 18.3 Å². The molecule has 1 aromatic heterocycles. The summed E-state index contributed by atoms with van der Waals surface area (Å²) in [4.78, 5) is 24.5. The van der Waals surface area contributed by atoms with E-state index in [-0.39, 0.29) is 5.56 Å². The molecule has 0 fully saturated rings. The SMILES string of the molecule is NC(=O)NC(=O)c1cccnc1F. The Morgan fingerprint density at radius 3 is 2.77 bits per heavy atom. The summed E-state index contributed by atoms with van der Waals surface area (Å²) in [6.45, 7) is 0. The second-order valence-electron chi connectivity index (χ2n) is 2.16. The minimum absolute atomic E-state index is 0.318. The first-order valence-corrected chi connectivity index (χ1v) is 3.32. The van der Waals surface area contributed by atoms with Crippen LogP contribution in [0.1, 0.15) is 10.4 Å². The molecule has 0 bridgehead atoms. The van der Waals surface area contributed by atoms with Crippen LogP contribution in [0.15, 0.2) is 18.3 Å². The average molecular weight is 183 g/mol. The lowest BCUT2D eigenvalue weighted by Gasteiger charge is -1.99. The number of aromatic nitrogens is 1. The van der Waals surface area contributed by atoms with Crippen molar-refractivity contribution in [2.24, 2.45) is 5.73 Å². The summed E-state index contributed by atoms with van der Waals surface area (Å²) < 4.78 is 12.8. The van der Waals surface area contributed by atoms with Gasteiger partial charge in [0, 0.05) is 6.20 Å². The van der Waals surface area contributed by atoms with Gasteiger partial charge in [0.1, 0.15) is 0 Å². The molecular weight excluding hydrogens is 177 g/mol. The van der Waals surface area contributed by atoms with Gasteiger partial charge in [0.2, 0.25) is 5.95 Å².